The van der Waals surface area contributed by atoms with Crippen LogP contribution in [0.1, 0.15) is 5.56 Å². The van der Waals surface area contributed by atoms with Crippen LogP contribution in [0.3, 0.4) is 0 Å². The van der Waals surface area contributed by atoms with Crippen molar-refractivity contribution in [3.8, 4) is 5.75 Å². The highest BCUT2D eigenvalue weighted by atomic mass is 35.5. The molecule has 4 heteroatoms. The number of hydrogen-bond acceptors (Lipinski definition) is 2. The van der Waals surface area contributed by atoms with Gasteiger partial charge in [0.05, 0.1) is 0 Å². The lowest BCUT2D eigenvalue weighted by Crippen LogP contribution is -2.56. The summed E-state index contributed by atoms with van der Waals surface area (Å²) >= 11 is 5.86. The maximum Gasteiger partial charge on any atom is 0.136 e. The third kappa shape index (κ3) is 3.18. The van der Waals surface area contributed by atoms with Gasteiger partial charge in [-0.3, -0.25) is 0 Å². The fourth-order valence-corrected chi connectivity index (χ4v) is 1.10. The van der Waals surface area contributed by atoms with Crippen molar-refractivity contribution in [1.29, 1.82) is 0 Å². The molecule has 0 aliphatic carbocycles. The summed E-state index contributed by atoms with van der Waals surface area (Å²) in [6.07, 6.45) is -0.508. The summed E-state index contributed by atoms with van der Waals surface area (Å²) in [4.78, 5) is 0. The van der Waals surface area contributed by atoms with Crippen molar-refractivity contribution in [2.24, 2.45) is 0 Å². The first-order valence-electron chi connectivity index (χ1n) is 4.49. The Kier molecular flexibility index (Phi) is 4.20. The van der Waals surface area contributed by atoms with E-state index in [0.29, 0.717) is 6.54 Å². The van der Waals surface area contributed by atoms with E-state index in [2.05, 4.69) is 5.73 Å². The molecule has 0 aliphatic rings. The van der Waals surface area contributed by atoms with Gasteiger partial charge in [-0.2, -0.15) is 0 Å². The van der Waals surface area contributed by atoms with Crippen LogP contribution in [0, 0.1) is 6.92 Å². The standard InChI is InChI=1S/C10H14ClNO2/c1-7-4-9(2-3-10(7)11)14-6-8(13)5-12/h2-4,8,13H,5-6,12H2,1H3/p+1/t8-/m1/s1. The third-order valence-electron chi connectivity index (χ3n) is 1.91. The lowest BCUT2D eigenvalue weighted by Gasteiger charge is -2.09. The van der Waals surface area contributed by atoms with Gasteiger partial charge in [-0.1, -0.05) is 11.6 Å². The van der Waals surface area contributed by atoms with Gasteiger partial charge in [-0.25, -0.2) is 0 Å². The molecule has 0 heterocycles. The summed E-state index contributed by atoms with van der Waals surface area (Å²) in [6, 6.07) is 5.41. The topological polar surface area (TPSA) is 57.1 Å². The van der Waals surface area contributed by atoms with E-state index in [1.54, 1.807) is 12.1 Å². The zero-order valence-corrected chi connectivity index (χ0v) is 8.92. The number of aliphatic hydroxyl groups excluding tert-OH is 1. The van der Waals surface area contributed by atoms with E-state index < -0.39 is 6.10 Å². The Morgan fingerprint density at radius 3 is 2.86 bits per heavy atom. The molecule has 4 N–H and O–H groups in total. The van der Waals surface area contributed by atoms with Crippen LogP contribution in [-0.2, 0) is 0 Å². The second-order valence-corrected chi connectivity index (χ2v) is 3.57. The van der Waals surface area contributed by atoms with Crippen LogP contribution in [0.4, 0.5) is 0 Å². The number of hydrogen-bond donors (Lipinski definition) is 2. The Hall–Kier alpha value is -0.770. The summed E-state index contributed by atoms with van der Waals surface area (Å²) in [5.74, 6) is 0.722. The average molecular weight is 217 g/mol. The van der Waals surface area contributed by atoms with Gasteiger partial charge in [0.2, 0.25) is 0 Å². The monoisotopic (exact) mass is 216 g/mol. The second-order valence-electron chi connectivity index (χ2n) is 3.16. The van der Waals surface area contributed by atoms with Crippen LogP contribution < -0.4 is 10.5 Å². The maximum atomic E-state index is 9.23. The number of rotatable bonds is 4. The quantitative estimate of drug-likeness (QED) is 0.776. The van der Waals surface area contributed by atoms with Gasteiger partial charge >= 0.3 is 0 Å². The Morgan fingerprint density at radius 2 is 2.29 bits per heavy atom. The van der Waals surface area contributed by atoms with Crippen LogP contribution >= 0.6 is 11.6 Å². The van der Waals surface area contributed by atoms with E-state index in [1.165, 1.54) is 0 Å². The summed E-state index contributed by atoms with van der Waals surface area (Å²) in [7, 11) is 0. The lowest BCUT2D eigenvalue weighted by molar-refractivity contribution is -0.384. The molecule has 0 aliphatic heterocycles. The predicted molar refractivity (Wildman–Crippen MR) is 55.4 cm³/mol. The van der Waals surface area contributed by atoms with Gasteiger partial charge in [-0.15, -0.1) is 0 Å². The molecule has 3 nitrogen and oxygen atoms in total. The number of aliphatic hydroxyl groups is 1. The van der Waals surface area contributed by atoms with E-state index in [0.717, 1.165) is 16.3 Å². The SMILES string of the molecule is Cc1cc(OC[C@H](O)C[NH3+])ccc1Cl. The summed E-state index contributed by atoms with van der Waals surface area (Å²) in [6.45, 7) is 2.63. The van der Waals surface area contributed by atoms with E-state index >= 15 is 0 Å². The van der Waals surface area contributed by atoms with Crippen molar-refractivity contribution in [3.05, 3.63) is 28.8 Å². The molecule has 0 radical (unpaired) electrons. The lowest BCUT2D eigenvalue weighted by atomic mass is 10.2. The normalized spacial score (nSPS) is 12.6. The highest BCUT2D eigenvalue weighted by Gasteiger charge is 2.04. The van der Waals surface area contributed by atoms with Crippen molar-refractivity contribution in [2.45, 2.75) is 13.0 Å². The van der Waals surface area contributed by atoms with Crippen LogP contribution in [0.25, 0.3) is 0 Å². The fourth-order valence-electron chi connectivity index (χ4n) is 0.983. The highest BCUT2D eigenvalue weighted by molar-refractivity contribution is 6.31. The molecule has 0 saturated carbocycles. The fraction of sp³-hybridized carbons (Fsp3) is 0.400. The van der Waals surface area contributed by atoms with Gasteiger partial charge in [-0.05, 0) is 30.7 Å². The molecular weight excluding hydrogens is 202 g/mol. The zero-order chi connectivity index (χ0) is 10.6. The molecule has 0 saturated heterocycles. The molecule has 0 bridgehead atoms. The highest BCUT2D eigenvalue weighted by Crippen LogP contribution is 2.20. The van der Waals surface area contributed by atoms with Crippen LogP contribution in [0.15, 0.2) is 18.2 Å². The van der Waals surface area contributed by atoms with Gasteiger partial charge < -0.3 is 15.6 Å². The van der Waals surface area contributed by atoms with Crippen LogP contribution in [-0.4, -0.2) is 24.4 Å². The summed E-state index contributed by atoms with van der Waals surface area (Å²) in [5, 5.41) is 9.95. The van der Waals surface area contributed by atoms with Gasteiger partial charge in [0.1, 0.15) is 25.0 Å². The minimum absolute atomic E-state index is 0.268. The van der Waals surface area contributed by atoms with Crippen molar-refractivity contribution < 1.29 is 15.6 Å². The van der Waals surface area contributed by atoms with Gasteiger partial charge in [0.15, 0.2) is 0 Å². The van der Waals surface area contributed by atoms with Gasteiger partial charge in [0, 0.05) is 5.02 Å². The largest absolute Gasteiger partial charge is 0.491 e. The minimum atomic E-state index is -0.508. The minimum Gasteiger partial charge on any atom is -0.491 e. The molecule has 0 unspecified atom stereocenters. The van der Waals surface area contributed by atoms with Crippen LogP contribution in [0.2, 0.25) is 5.02 Å². The Labute approximate surface area is 88.4 Å². The molecule has 1 aromatic rings. The molecule has 78 valence electrons. The number of ether oxygens (including phenoxy) is 1. The van der Waals surface area contributed by atoms with Crippen molar-refractivity contribution in [1.82, 2.24) is 0 Å². The number of quaternary nitrogens is 1. The van der Waals surface area contributed by atoms with Gasteiger partial charge in [0.25, 0.3) is 0 Å². The molecule has 0 aromatic heterocycles. The Bertz CT molecular complexity index is 304. The molecule has 0 amide bonds. The van der Waals surface area contributed by atoms with E-state index in [1.807, 2.05) is 13.0 Å². The van der Waals surface area contributed by atoms with Crippen LogP contribution in [0.5, 0.6) is 5.75 Å². The first kappa shape index (κ1) is 11.3. The number of halogens is 1. The molecular formula is C10H15ClNO2+. The molecule has 1 rings (SSSR count). The predicted octanol–water partition coefficient (Wildman–Crippen LogP) is 0.630. The number of benzene rings is 1. The van der Waals surface area contributed by atoms with Crippen molar-refractivity contribution in [3.63, 3.8) is 0 Å². The second kappa shape index (κ2) is 5.20. The first-order valence-corrected chi connectivity index (χ1v) is 4.87. The van der Waals surface area contributed by atoms with E-state index in [9.17, 15) is 5.11 Å². The maximum absolute atomic E-state index is 9.23. The first-order chi connectivity index (χ1) is 6.63. The molecule has 0 fully saturated rings. The summed E-state index contributed by atoms with van der Waals surface area (Å²) < 4.78 is 5.35. The van der Waals surface area contributed by atoms with Crippen molar-refractivity contribution in [2.75, 3.05) is 13.2 Å². The Morgan fingerprint density at radius 1 is 1.57 bits per heavy atom. The molecule has 0 spiro atoms. The average Bonchev–Trinajstić information content (AvgIpc) is 2.19. The van der Waals surface area contributed by atoms with Crippen molar-refractivity contribution >= 4 is 11.6 Å². The number of aryl methyl sites for hydroxylation is 1. The summed E-state index contributed by atoms with van der Waals surface area (Å²) in [5.41, 5.74) is 4.54. The smallest absolute Gasteiger partial charge is 0.136 e. The third-order valence-corrected chi connectivity index (χ3v) is 2.33. The zero-order valence-electron chi connectivity index (χ0n) is 8.16. The molecule has 14 heavy (non-hydrogen) atoms. The molecule has 1 aromatic carbocycles. The molecule has 1 atom stereocenters. The van der Waals surface area contributed by atoms with E-state index in [4.69, 9.17) is 16.3 Å². The Balaban J connectivity index is 2.55. The van der Waals surface area contributed by atoms with E-state index in [-0.39, 0.29) is 6.61 Å².